The summed E-state index contributed by atoms with van der Waals surface area (Å²) in [5.41, 5.74) is 3.68. The van der Waals surface area contributed by atoms with Gasteiger partial charge in [0.2, 0.25) is 0 Å². The Kier molecular flexibility index (Phi) is 3.81. The molecule has 122 valence electrons. The fraction of sp³-hybridized carbons (Fsp3) is 0.300. The lowest BCUT2D eigenvalue weighted by molar-refractivity contribution is 0.0527. The van der Waals surface area contributed by atoms with Gasteiger partial charge in [-0.15, -0.1) is 0 Å². The van der Waals surface area contributed by atoms with E-state index in [9.17, 15) is 4.79 Å². The molecule has 1 aromatic heterocycles. The normalized spacial score (nSPS) is 24.0. The maximum atomic E-state index is 12.4. The molecule has 1 aliphatic heterocycles. The molecule has 0 fully saturated rings. The quantitative estimate of drug-likeness (QED) is 0.684. The molecular weight excluding hydrogens is 300 g/mol. The molecule has 4 heteroatoms. The monoisotopic (exact) mass is 320 g/mol. The minimum absolute atomic E-state index is 0.0919. The average molecular weight is 320 g/mol. The molecule has 1 aromatic carbocycles. The summed E-state index contributed by atoms with van der Waals surface area (Å²) in [5, 5.41) is 3.59. The Morgan fingerprint density at radius 3 is 3.00 bits per heavy atom. The maximum absolute atomic E-state index is 12.4. The van der Waals surface area contributed by atoms with Gasteiger partial charge in [0.15, 0.2) is 0 Å². The summed E-state index contributed by atoms with van der Waals surface area (Å²) in [7, 11) is 0. The van der Waals surface area contributed by atoms with Crippen LogP contribution in [-0.2, 0) is 4.74 Å². The van der Waals surface area contributed by atoms with Crippen molar-refractivity contribution in [2.75, 3.05) is 11.9 Å². The van der Waals surface area contributed by atoms with Gasteiger partial charge in [0.05, 0.1) is 29.6 Å². The summed E-state index contributed by atoms with van der Waals surface area (Å²) < 4.78 is 5.23. The molecule has 0 amide bonds. The maximum Gasteiger partial charge on any atom is 0.340 e. The first kappa shape index (κ1) is 14.9. The molecular formula is C20H20N2O2. The van der Waals surface area contributed by atoms with Crippen LogP contribution in [-0.4, -0.2) is 17.6 Å². The topological polar surface area (TPSA) is 51.2 Å². The highest BCUT2D eigenvalue weighted by atomic mass is 16.5. The van der Waals surface area contributed by atoms with Crippen molar-refractivity contribution in [3.8, 4) is 0 Å². The third kappa shape index (κ3) is 2.39. The van der Waals surface area contributed by atoms with E-state index in [1.165, 1.54) is 5.56 Å². The highest BCUT2D eigenvalue weighted by Crippen LogP contribution is 2.50. The van der Waals surface area contributed by atoms with Gasteiger partial charge in [0.25, 0.3) is 0 Å². The molecule has 1 aliphatic carbocycles. The number of esters is 1. The summed E-state index contributed by atoms with van der Waals surface area (Å²) in [6.07, 6.45) is 7.33. The predicted molar refractivity (Wildman–Crippen MR) is 93.0 cm³/mol. The molecule has 3 atom stereocenters. The number of carbonyl (C=O) groups is 1. The van der Waals surface area contributed by atoms with Crippen LogP contribution in [0.3, 0.4) is 0 Å². The van der Waals surface area contributed by atoms with Gasteiger partial charge in [-0.2, -0.15) is 0 Å². The van der Waals surface area contributed by atoms with E-state index < -0.39 is 0 Å². The minimum Gasteiger partial charge on any atom is -0.462 e. The van der Waals surface area contributed by atoms with Gasteiger partial charge in [-0.25, -0.2) is 4.79 Å². The fourth-order valence-corrected chi connectivity index (χ4v) is 3.85. The van der Waals surface area contributed by atoms with Crippen molar-refractivity contribution >= 4 is 11.7 Å². The van der Waals surface area contributed by atoms with Crippen LogP contribution in [0.1, 0.15) is 46.9 Å². The Bertz CT molecular complexity index is 785. The van der Waals surface area contributed by atoms with E-state index in [0.29, 0.717) is 24.0 Å². The first-order valence-corrected chi connectivity index (χ1v) is 8.43. The number of anilines is 1. The van der Waals surface area contributed by atoms with Gasteiger partial charge in [0.1, 0.15) is 0 Å². The van der Waals surface area contributed by atoms with E-state index in [0.717, 1.165) is 17.8 Å². The summed E-state index contributed by atoms with van der Waals surface area (Å²) in [4.78, 5) is 16.9. The zero-order chi connectivity index (χ0) is 16.5. The highest BCUT2D eigenvalue weighted by molar-refractivity contribution is 5.97. The van der Waals surface area contributed by atoms with Crippen molar-refractivity contribution in [3.05, 3.63) is 71.6 Å². The number of aromatic nitrogens is 1. The smallest absolute Gasteiger partial charge is 0.340 e. The minimum atomic E-state index is -0.276. The van der Waals surface area contributed by atoms with Crippen molar-refractivity contribution < 1.29 is 9.53 Å². The number of rotatable bonds is 3. The Hall–Kier alpha value is -2.62. The Labute approximate surface area is 141 Å². The summed E-state index contributed by atoms with van der Waals surface area (Å²) in [6.45, 7) is 2.20. The number of hydrogen-bond donors (Lipinski definition) is 1. The first-order chi connectivity index (χ1) is 11.8. The zero-order valence-electron chi connectivity index (χ0n) is 13.6. The number of carbonyl (C=O) groups excluding carboxylic acids is 1. The molecule has 24 heavy (non-hydrogen) atoms. The number of allylic oxidation sites excluding steroid dienone is 2. The van der Waals surface area contributed by atoms with Crippen LogP contribution in [0.25, 0.3) is 0 Å². The highest BCUT2D eigenvalue weighted by Gasteiger charge is 2.39. The molecule has 0 saturated heterocycles. The van der Waals surface area contributed by atoms with Gasteiger partial charge in [-0.05, 0) is 43.0 Å². The Morgan fingerprint density at radius 2 is 2.21 bits per heavy atom. The molecule has 2 heterocycles. The molecule has 1 N–H and O–H groups in total. The molecule has 0 radical (unpaired) electrons. The van der Waals surface area contributed by atoms with Crippen LogP contribution < -0.4 is 5.32 Å². The van der Waals surface area contributed by atoms with E-state index in [-0.39, 0.29) is 12.0 Å². The standard InChI is InChI=1S/C20H20N2O2/c1-2-24-20(23)16-10-6-8-14-13-7-5-9-15(13)19(22-18(14)16)17-11-3-4-12-21-17/h3-8,10-13,15,19,22H,2,9H2,1H3/t13-,15-,19+/m0/s1. The van der Waals surface area contributed by atoms with E-state index in [1.807, 2.05) is 43.5 Å². The SMILES string of the molecule is CCOC(=O)c1cccc2c1N[C@@H](c1ccccn1)[C@H]1CC=C[C@@H]21. The van der Waals surface area contributed by atoms with E-state index in [1.54, 1.807) is 0 Å². The number of ether oxygens (including phenoxy) is 1. The number of fused-ring (bicyclic) bond motifs is 3. The lowest BCUT2D eigenvalue weighted by Crippen LogP contribution is -2.31. The summed E-state index contributed by atoms with van der Waals surface area (Å²) in [5.74, 6) is 0.453. The predicted octanol–water partition coefficient (Wildman–Crippen LogP) is 4.08. The van der Waals surface area contributed by atoms with Crippen molar-refractivity contribution in [1.29, 1.82) is 0 Å². The molecule has 0 unspecified atom stereocenters. The van der Waals surface area contributed by atoms with Crippen molar-refractivity contribution in [1.82, 2.24) is 4.98 Å². The molecule has 2 aliphatic rings. The number of benzene rings is 1. The summed E-state index contributed by atoms with van der Waals surface area (Å²) in [6, 6.07) is 11.9. The second-order valence-corrected chi connectivity index (χ2v) is 6.22. The lowest BCUT2D eigenvalue weighted by Gasteiger charge is -2.37. The zero-order valence-corrected chi connectivity index (χ0v) is 13.6. The van der Waals surface area contributed by atoms with Crippen molar-refractivity contribution in [3.63, 3.8) is 0 Å². The molecule has 0 saturated carbocycles. The molecule has 0 bridgehead atoms. The van der Waals surface area contributed by atoms with Crippen LogP contribution in [0.5, 0.6) is 0 Å². The van der Waals surface area contributed by atoms with Crippen LogP contribution in [0, 0.1) is 5.92 Å². The molecule has 2 aromatic rings. The second kappa shape index (κ2) is 6.11. The number of nitrogens with zero attached hydrogens (tertiary/aromatic N) is 1. The average Bonchev–Trinajstić information content (AvgIpc) is 3.11. The van der Waals surface area contributed by atoms with Gasteiger partial charge in [0, 0.05) is 12.1 Å². The van der Waals surface area contributed by atoms with Gasteiger partial charge >= 0.3 is 5.97 Å². The van der Waals surface area contributed by atoms with Crippen LogP contribution in [0.4, 0.5) is 5.69 Å². The Balaban J connectivity index is 1.80. The second-order valence-electron chi connectivity index (χ2n) is 6.22. The third-order valence-corrected chi connectivity index (χ3v) is 4.90. The van der Waals surface area contributed by atoms with Crippen LogP contribution in [0.15, 0.2) is 54.7 Å². The van der Waals surface area contributed by atoms with Crippen molar-refractivity contribution in [2.45, 2.75) is 25.3 Å². The van der Waals surface area contributed by atoms with Crippen LogP contribution in [0.2, 0.25) is 0 Å². The van der Waals surface area contributed by atoms with E-state index >= 15 is 0 Å². The fourth-order valence-electron chi connectivity index (χ4n) is 3.85. The van der Waals surface area contributed by atoms with Gasteiger partial charge in [-0.3, -0.25) is 4.98 Å². The number of hydrogen-bond acceptors (Lipinski definition) is 4. The van der Waals surface area contributed by atoms with Gasteiger partial charge in [-0.1, -0.05) is 30.4 Å². The largest absolute Gasteiger partial charge is 0.462 e. The van der Waals surface area contributed by atoms with Gasteiger partial charge < -0.3 is 10.1 Å². The molecule has 4 nitrogen and oxygen atoms in total. The lowest BCUT2D eigenvalue weighted by atomic mass is 9.77. The molecule has 0 spiro atoms. The summed E-state index contributed by atoms with van der Waals surface area (Å²) >= 11 is 0. The Morgan fingerprint density at radius 1 is 1.29 bits per heavy atom. The number of para-hydroxylation sites is 1. The van der Waals surface area contributed by atoms with Crippen LogP contribution >= 0.6 is 0 Å². The van der Waals surface area contributed by atoms with Crippen molar-refractivity contribution in [2.24, 2.45) is 5.92 Å². The number of nitrogens with one attached hydrogen (secondary N) is 1. The van der Waals surface area contributed by atoms with E-state index in [4.69, 9.17) is 4.74 Å². The van der Waals surface area contributed by atoms with E-state index in [2.05, 4.69) is 28.5 Å². The third-order valence-electron chi connectivity index (χ3n) is 4.90. The number of pyridine rings is 1. The first-order valence-electron chi connectivity index (χ1n) is 8.43. The molecule has 4 rings (SSSR count).